The molecule has 186 valence electrons. The molecule has 0 saturated carbocycles. The Labute approximate surface area is 214 Å². The standard InChI is InChI=1S/C24H31FN2.C6H7NS/c1-5-13-26(14-6-2)22-15-19(4)27(17-22)21-11-8-10-20(16-21)24-18(3)9-7-12-23(24)25;1-5(2)6-7-3-4-8-6/h7-12,16,22H,4-6,13-15,17H2,1-3H3;3-4H,1H2,2H3. The second-order valence-electron chi connectivity index (χ2n) is 9.17. The van der Waals surface area contributed by atoms with Gasteiger partial charge in [-0.2, -0.15) is 0 Å². The van der Waals surface area contributed by atoms with E-state index >= 15 is 0 Å². The van der Waals surface area contributed by atoms with Gasteiger partial charge in [0.1, 0.15) is 10.8 Å². The van der Waals surface area contributed by atoms with Crippen molar-refractivity contribution in [3.05, 3.63) is 89.3 Å². The molecule has 1 aliphatic heterocycles. The molecule has 3 aromatic rings. The first-order chi connectivity index (χ1) is 16.8. The zero-order chi connectivity index (χ0) is 25.4. The van der Waals surface area contributed by atoms with E-state index in [2.05, 4.69) is 53.9 Å². The minimum atomic E-state index is -0.164. The van der Waals surface area contributed by atoms with Gasteiger partial charge in [-0.15, -0.1) is 11.3 Å². The van der Waals surface area contributed by atoms with Gasteiger partial charge in [0, 0.05) is 47.5 Å². The molecule has 0 N–H and O–H groups in total. The molecule has 0 spiro atoms. The number of aryl methyl sites for hydroxylation is 1. The molecule has 4 rings (SSSR count). The molecule has 1 saturated heterocycles. The number of hydrogen-bond donors (Lipinski definition) is 0. The topological polar surface area (TPSA) is 19.4 Å². The number of thiazole rings is 1. The summed E-state index contributed by atoms with van der Waals surface area (Å²) >= 11 is 1.62. The van der Waals surface area contributed by atoms with Crippen molar-refractivity contribution in [3.8, 4) is 11.1 Å². The Morgan fingerprint density at radius 2 is 1.89 bits per heavy atom. The molecule has 1 fully saturated rings. The first-order valence-electron chi connectivity index (χ1n) is 12.5. The smallest absolute Gasteiger partial charge is 0.131 e. The van der Waals surface area contributed by atoms with Crippen molar-refractivity contribution in [3.63, 3.8) is 0 Å². The van der Waals surface area contributed by atoms with Crippen LogP contribution in [-0.4, -0.2) is 35.6 Å². The average Bonchev–Trinajstić information content (AvgIpc) is 3.50. The lowest BCUT2D eigenvalue weighted by Gasteiger charge is -2.28. The Kier molecular flexibility index (Phi) is 9.82. The van der Waals surface area contributed by atoms with Gasteiger partial charge in [-0.05, 0) is 74.7 Å². The molecular weight excluding hydrogens is 453 g/mol. The van der Waals surface area contributed by atoms with Crippen molar-refractivity contribution in [1.82, 2.24) is 9.88 Å². The Hall–Kier alpha value is -2.76. The van der Waals surface area contributed by atoms with Gasteiger partial charge in [-0.25, -0.2) is 9.37 Å². The molecule has 3 nitrogen and oxygen atoms in total. The van der Waals surface area contributed by atoms with Gasteiger partial charge in [0.2, 0.25) is 0 Å². The van der Waals surface area contributed by atoms with Crippen LogP contribution < -0.4 is 4.90 Å². The molecule has 0 bridgehead atoms. The van der Waals surface area contributed by atoms with Crippen LogP contribution >= 0.6 is 11.3 Å². The number of aromatic nitrogens is 1. The van der Waals surface area contributed by atoms with Crippen LogP contribution in [0.4, 0.5) is 10.1 Å². The van der Waals surface area contributed by atoms with E-state index in [-0.39, 0.29) is 5.82 Å². The largest absolute Gasteiger partial charge is 0.344 e. The highest BCUT2D eigenvalue weighted by molar-refractivity contribution is 7.10. The maximum absolute atomic E-state index is 14.4. The molecule has 35 heavy (non-hydrogen) atoms. The van der Waals surface area contributed by atoms with Gasteiger partial charge in [-0.3, -0.25) is 4.90 Å². The zero-order valence-electron chi connectivity index (χ0n) is 21.6. The van der Waals surface area contributed by atoms with Gasteiger partial charge in [0.25, 0.3) is 0 Å². The van der Waals surface area contributed by atoms with E-state index in [0.717, 1.165) is 59.1 Å². The Bertz CT molecular complexity index is 1100. The molecule has 2 heterocycles. The summed E-state index contributed by atoms with van der Waals surface area (Å²) in [5.41, 5.74) is 5.88. The zero-order valence-corrected chi connectivity index (χ0v) is 22.4. The lowest BCUT2D eigenvalue weighted by atomic mass is 9.99. The minimum absolute atomic E-state index is 0.164. The highest BCUT2D eigenvalue weighted by atomic mass is 32.1. The Balaban J connectivity index is 0.000000363. The third-order valence-corrected chi connectivity index (χ3v) is 7.19. The summed E-state index contributed by atoms with van der Waals surface area (Å²) in [7, 11) is 0. The van der Waals surface area contributed by atoms with Crippen LogP contribution in [0.1, 0.15) is 50.6 Å². The van der Waals surface area contributed by atoms with Crippen LogP contribution in [0, 0.1) is 12.7 Å². The molecule has 1 unspecified atom stereocenters. The number of allylic oxidation sites excluding steroid dienone is 1. The highest BCUT2D eigenvalue weighted by Gasteiger charge is 2.30. The van der Waals surface area contributed by atoms with Crippen LogP contribution in [-0.2, 0) is 0 Å². The fourth-order valence-electron chi connectivity index (χ4n) is 4.63. The molecule has 2 aromatic carbocycles. The number of halogens is 1. The first-order valence-corrected chi connectivity index (χ1v) is 13.3. The molecule has 0 amide bonds. The van der Waals surface area contributed by atoms with Crippen LogP contribution in [0.2, 0.25) is 0 Å². The Morgan fingerprint density at radius 1 is 1.17 bits per heavy atom. The summed E-state index contributed by atoms with van der Waals surface area (Å²) in [5, 5.41) is 2.98. The number of rotatable bonds is 8. The fourth-order valence-corrected chi connectivity index (χ4v) is 5.21. The van der Waals surface area contributed by atoms with Crippen molar-refractivity contribution in [1.29, 1.82) is 0 Å². The lowest BCUT2D eigenvalue weighted by Crippen LogP contribution is -2.38. The summed E-state index contributed by atoms with van der Waals surface area (Å²) < 4.78 is 14.4. The number of hydrogen-bond acceptors (Lipinski definition) is 4. The highest BCUT2D eigenvalue weighted by Crippen LogP contribution is 2.34. The molecule has 1 aromatic heterocycles. The second-order valence-corrected chi connectivity index (χ2v) is 10.1. The molecule has 5 heteroatoms. The number of anilines is 1. The van der Waals surface area contributed by atoms with Crippen molar-refractivity contribution in [2.75, 3.05) is 24.5 Å². The summed E-state index contributed by atoms with van der Waals surface area (Å²) in [6, 6.07) is 14.0. The van der Waals surface area contributed by atoms with E-state index in [0.29, 0.717) is 11.6 Å². The number of nitrogens with zero attached hydrogens (tertiary/aromatic N) is 3. The van der Waals surface area contributed by atoms with Crippen LogP contribution in [0.15, 0.2) is 72.9 Å². The van der Waals surface area contributed by atoms with Gasteiger partial charge < -0.3 is 4.90 Å². The maximum atomic E-state index is 14.4. The van der Waals surface area contributed by atoms with Crippen molar-refractivity contribution >= 4 is 22.6 Å². The van der Waals surface area contributed by atoms with E-state index < -0.39 is 0 Å². The van der Waals surface area contributed by atoms with Crippen LogP contribution in [0.3, 0.4) is 0 Å². The SMILES string of the molecule is C=C(C)c1nccs1.C=C1CC(N(CCC)CCC)CN1c1cccc(-c2c(C)cccc2F)c1. The van der Waals surface area contributed by atoms with Gasteiger partial charge >= 0.3 is 0 Å². The lowest BCUT2D eigenvalue weighted by molar-refractivity contribution is 0.212. The van der Waals surface area contributed by atoms with E-state index in [1.54, 1.807) is 23.6 Å². The normalized spacial score (nSPS) is 15.3. The summed E-state index contributed by atoms with van der Waals surface area (Å²) in [5.74, 6) is -0.164. The predicted octanol–water partition coefficient (Wildman–Crippen LogP) is 8.19. The summed E-state index contributed by atoms with van der Waals surface area (Å²) in [4.78, 5) is 8.94. The minimum Gasteiger partial charge on any atom is -0.344 e. The quantitative estimate of drug-likeness (QED) is 0.317. The number of benzene rings is 2. The van der Waals surface area contributed by atoms with Gasteiger partial charge in [-0.1, -0.05) is 51.3 Å². The van der Waals surface area contributed by atoms with Crippen molar-refractivity contribution in [2.24, 2.45) is 0 Å². The van der Waals surface area contributed by atoms with Crippen molar-refractivity contribution in [2.45, 2.75) is 53.0 Å². The van der Waals surface area contributed by atoms with Crippen LogP contribution in [0.25, 0.3) is 16.7 Å². The van der Waals surface area contributed by atoms with Crippen molar-refractivity contribution < 1.29 is 4.39 Å². The maximum Gasteiger partial charge on any atom is 0.131 e. The summed E-state index contributed by atoms with van der Waals surface area (Å²) in [6.07, 6.45) is 5.13. The van der Waals surface area contributed by atoms with Crippen LogP contribution in [0.5, 0.6) is 0 Å². The molecule has 1 atom stereocenters. The molecule has 0 radical (unpaired) electrons. The predicted molar refractivity (Wildman–Crippen MR) is 150 cm³/mol. The van der Waals surface area contributed by atoms with E-state index in [4.69, 9.17) is 0 Å². The third-order valence-electron chi connectivity index (χ3n) is 6.25. The van der Waals surface area contributed by atoms with E-state index in [1.165, 1.54) is 18.9 Å². The van der Waals surface area contributed by atoms with Gasteiger partial charge in [0.05, 0.1) is 0 Å². The molecule has 0 aliphatic carbocycles. The monoisotopic (exact) mass is 491 g/mol. The van der Waals surface area contributed by atoms with Gasteiger partial charge in [0.15, 0.2) is 0 Å². The summed E-state index contributed by atoms with van der Waals surface area (Å²) in [6.45, 7) is 19.7. The first kappa shape index (κ1) is 26.8. The van der Waals surface area contributed by atoms with E-state index in [1.807, 2.05) is 37.4 Å². The third kappa shape index (κ3) is 6.89. The van der Waals surface area contributed by atoms with E-state index in [9.17, 15) is 4.39 Å². The molecular formula is C30H38FN3S. The molecule has 1 aliphatic rings. The second kappa shape index (κ2) is 12.8. The Morgan fingerprint density at radius 3 is 2.46 bits per heavy atom. The fraction of sp³-hybridized carbons (Fsp3) is 0.367. The average molecular weight is 492 g/mol.